The van der Waals surface area contributed by atoms with Crippen molar-refractivity contribution in [1.82, 2.24) is 15.0 Å². The van der Waals surface area contributed by atoms with Crippen LogP contribution in [0, 0.1) is 25.9 Å². The summed E-state index contributed by atoms with van der Waals surface area (Å²) in [7, 11) is -1.49. The Labute approximate surface area is 466 Å². The average molecular weight is 1190 g/mol. The predicted molar refractivity (Wildman–Crippen MR) is 319 cm³/mol. The first-order valence-electron chi connectivity index (χ1n) is 27.3. The molecule has 0 saturated carbocycles. The third-order valence-electron chi connectivity index (χ3n) is 14.8. The summed E-state index contributed by atoms with van der Waals surface area (Å²) >= 11 is 1.75. The first-order valence-corrected chi connectivity index (χ1v) is 30.1. The summed E-state index contributed by atoms with van der Waals surface area (Å²) < 4.78 is 23.6. The Kier molecular flexibility index (Phi) is 12.7. The van der Waals surface area contributed by atoms with Gasteiger partial charge < -0.3 is 15.2 Å². The van der Waals surface area contributed by atoms with E-state index in [0.717, 1.165) is 60.7 Å². The molecule has 5 nitrogen and oxygen atoms in total. The van der Waals surface area contributed by atoms with Crippen LogP contribution in [-0.2, 0) is 30.9 Å². The molecule has 1 unspecified atom stereocenters. The molecule has 0 amide bonds. The third kappa shape index (κ3) is 9.39. The minimum atomic E-state index is -2.10. The van der Waals surface area contributed by atoms with Crippen LogP contribution in [0.25, 0.3) is 69.3 Å². The number of hydrogen-bond acceptors (Lipinski definition) is 5. The van der Waals surface area contributed by atoms with Gasteiger partial charge in [0.05, 0.1) is 30.7 Å². The molecule has 0 N–H and O–H groups in total. The molecule has 0 spiro atoms. The zero-order valence-corrected chi connectivity index (χ0v) is 48.9. The minimum Gasteiger partial charge on any atom is -0.661 e. The van der Waals surface area contributed by atoms with Crippen LogP contribution in [0.5, 0.6) is 0 Å². The van der Waals surface area contributed by atoms with Gasteiger partial charge in [0.15, 0.2) is 0 Å². The Bertz CT molecular complexity index is 4070. The van der Waals surface area contributed by atoms with Gasteiger partial charge in [-0.25, -0.2) is 4.98 Å². The Morgan fingerprint density at radius 2 is 1.41 bits per heavy atom. The van der Waals surface area contributed by atoms with Gasteiger partial charge in [-0.2, -0.15) is 29.5 Å². The quantitative estimate of drug-likeness (QED) is 0.0906. The van der Waals surface area contributed by atoms with E-state index in [2.05, 4.69) is 231 Å². The van der Waals surface area contributed by atoms with E-state index in [1.807, 2.05) is 6.20 Å². The molecule has 0 radical (unpaired) electrons. The summed E-state index contributed by atoms with van der Waals surface area (Å²) in [6.07, 6.45) is 1.64. The van der Waals surface area contributed by atoms with Crippen molar-refractivity contribution in [2.75, 3.05) is 4.90 Å². The summed E-state index contributed by atoms with van der Waals surface area (Å²) in [5, 5.41) is 15.4. The van der Waals surface area contributed by atoms with Gasteiger partial charge in [0.2, 0.25) is 0 Å². The molecule has 8 heteroatoms. The van der Waals surface area contributed by atoms with Gasteiger partial charge in [0, 0.05) is 32.2 Å². The molecule has 1 aliphatic rings. The molecule has 376 valence electrons. The van der Waals surface area contributed by atoms with E-state index >= 15 is 0 Å². The molecule has 11 aromatic rings. The minimum absolute atomic E-state index is 0. The van der Waals surface area contributed by atoms with Gasteiger partial charge in [0.25, 0.3) is 0 Å². The number of fused-ring (bicyclic) bond motifs is 9. The van der Waals surface area contributed by atoms with Crippen LogP contribution in [0.4, 0.5) is 17.1 Å². The monoisotopic (exact) mass is 1190 g/mol. The van der Waals surface area contributed by atoms with Crippen molar-refractivity contribution >= 4 is 94.4 Å². The number of nitrogens with zero attached hydrogens (tertiary/aromatic N) is 5. The number of benzene rings is 7. The second kappa shape index (κ2) is 19.9. The van der Waals surface area contributed by atoms with Gasteiger partial charge in [-0.3, -0.25) is 4.98 Å². The van der Waals surface area contributed by atoms with Crippen molar-refractivity contribution < 1.29 is 24.2 Å². The number of rotatable bonds is 7. The maximum Gasteiger partial charge on any atom is 3.00 e. The van der Waals surface area contributed by atoms with Crippen molar-refractivity contribution in [3.63, 3.8) is 0 Å². The SMILES string of the molecule is Cc1ccc2ccc3c(c2n1)N(c1c(C(C)C)c2ccccc2c2ccccc12)C(c1[c-]ccc2c1sc1nc(C(C)(C)c4ccccc4)ccc12)[N-]3.[2H]C([2H])([2H])c1c[c-]c(-c2cc(C(C)(C)C)c([Si](C)(C)C)cn2)cc1.[Ir+3]. The molecule has 0 bridgehead atoms. The molecule has 7 aromatic carbocycles. The molecule has 5 heterocycles. The molecule has 1 atom stereocenters. The maximum atomic E-state index is 7.46. The Balaban J connectivity index is 0.000000233. The van der Waals surface area contributed by atoms with Crippen molar-refractivity contribution in [2.24, 2.45) is 0 Å². The molecule has 75 heavy (non-hydrogen) atoms. The zero-order chi connectivity index (χ0) is 54.3. The number of aromatic nitrogens is 3. The summed E-state index contributed by atoms with van der Waals surface area (Å²) in [5.41, 5.74) is 12.9. The van der Waals surface area contributed by atoms with Crippen molar-refractivity contribution in [3.8, 4) is 11.3 Å². The van der Waals surface area contributed by atoms with Gasteiger partial charge in [-0.1, -0.05) is 189 Å². The number of thiophene rings is 1. The molecular formula is C67H64IrN5SSi. The Hall–Kier alpha value is -6.54. The van der Waals surface area contributed by atoms with Crippen molar-refractivity contribution in [2.45, 2.75) is 105 Å². The number of pyridine rings is 3. The van der Waals surface area contributed by atoms with Crippen LogP contribution in [0.1, 0.15) is 104 Å². The number of hydrogen-bond donors (Lipinski definition) is 0. The smallest absolute Gasteiger partial charge is 0.661 e. The Morgan fingerprint density at radius 3 is 2.09 bits per heavy atom. The number of anilines is 2. The van der Waals surface area contributed by atoms with E-state index < -0.39 is 14.9 Å². The molecule has 0 aliphatic carbocycles. The first-order chi connectivity index (χ1) is 36.6. The van der Waals surface area contributed by atoms with Crippen LogP contribution >= 0.6 is 11.3 Å². The van der Waals surface area contributed by atoms with Crippen LogP contribution in [0.2, 0.25) is 19.6 Å². The zero-order valence-electron chi connectivity index (χ0n) is 47.6. The Morgan fingerprint density at radius 1 is 0.720 bits per heavy atom. The molecule has 1 aliphatic heterocycles. The predicted octanol–water partition coefficient (Wildman–Crippen LogP) is 18.4. The van der Waals surface area contributed by atoms with E-state index in [1.54, 1.807) is 29.5 Å². The van der Waals surface area contributed by atoms with E-state index in [4.69, 9.17) is 19.4 Å². The second-order valence-corrected chi connectivity index (χ2v) is 28.8. The fourth-order valence-corrected chi connectivity index (χ4v) is 13.8. The van der Waals surface area contributed by atoms with Crippen LogP contribution in [0.3, 0.4) is 0 Å². The standard InChI is InChI=1S/C48H38N4S.C19H26NSi.Ir/c1-28(2)41-34-18-11-9-16-32(34)33-17-10-12-19-35(33)43(41)52-44-39(26-24-30-23-22-29(3)49-42(30)44)50-46(52)38-21-13-20-36-37-25-27-40(51-47(37)53-45(36)38)48(4,5)31-14-7-6-8-15-31;1-14-8-10-15(11-9-14)17-12-16(19(2,3)4)18(13-20-17)21(5,6)7;/h6-20,22-28,46H,1-5H3;8-10,12-13H,1-7H3;/q-2;-1;+3/i;1D3;. The first kappa shape index (κ1) is 48.1. The van der Waals surface area contributed by atoms with Crippen LogP contribution < -0.4 is 10.1 Å². The largest absolute Gasteiger partial charge is 3.00 e. The van der Waals surface area contributed by atoms with Crippen molar-refractivity contribution in [1.29, 1.82) is 0 Å². The number of aryl methyl sites for hydroxylation is 2. The fourth-order valence-electron chi connectivity index (χ4n) is 10.9. The molecule has 4 aromatic heterocycles. The molecule has 0 saturated heterocycles. The molecule has 12 rings (SSSR count). The molecular weight excluding hydrogens is 1130 g/mol. The fraction of sp³-hybridized carbons (Fsp3) is 0.239. The van der Waals surface area contributed by atoms with E-state index in [9.17, 15) is 0 Å². The van der Waals surface area contributed by atoms with Gasteiger partial charge in [-0.05, 0) is 85.7 Å². The summed E-state index contributed by atoms with van der Waals surface area (Å²) in [6, 6.07) is 59.7. The van der Waals surface area contributed by atoms with Crippen LogP contribution in [0.15, 0.2) is 158 Å². The maximum absolute atomic E-state index is 7.46. The van der Waals surface area contributed by atoms with E-state index in [1.165, 1.54) is 59.2 Å². The van der Waals surface area contributed by atoms with E-state index in [-0.39, 0.29) is 43.0 Å². The van der Waals surface area contributed by atoms with Crippen LogP contribution in [-0.4, -0.2) is 23.0 Å². The van der Waals surface area contributed by atoms with Gasteiger partial charge >= 0.3 is 20.1 Å². The third-order valence-corrected chi connectivity index (χ3v) is 18.0. The van der Waals surface area contributed by atoms with E-state index in [0.29, 0.717) is 5.56 Å². The topological polar surface area (TPSA) is 56.0 Å². The summed E-state index contributed by atoms with van der Waals surface area (Å²) in [4.78, 5) is 18.7. The van der Waals surface area contributed by atoms with Gasteiger partial charge in [0.1, 0.15) is 4.83 Å². The second-order valence-electron chi connectivity index (χ2n) is 22.7. The molecule has 0 fully saturated rings. The van der Waals surface area contributed by atoms with Gasteiger partial charge in [-0.15, -0.1) is 52.0 Å². The van der Waals surface area contributed by atoms with Crippen molar-refractivity contribution in [3.05, 3.63) is 215 Å². The average Bonchev–Trinajstić information content (AvgIpc) is 4.18. The normalized spacial score (nSPS) is 14.6. The summed E-state index contributed by atoms with van der Waals surface area (Å²) in [6.45, 7) is 22.8. The summed E-state index contributed by atoms with van der Waals surface area (Å²) in [5.74, 6) is 0.244.